The molecular weight excluding hydrogens is 288 g/mol. The molecule has 0 atom stereocenters. The normalized spacial score (nSPS) is 14.3. The van der Waals surface area contributed by atoms with Crippen LogP contribution < -0.4 is 0 Å². The van der Waals surface area contributed by atoms with Gasteiger partial charge in [-0.2, -0.15) is 0 Å². The number of amides is 2. The van der Waals surface area contributed by atoms with E-state index in [0.717, 1.165) is 31.5 Å². The van der Waals surface area contributed by atoms with Crippen molar-refractivity contribution in [1.82, 2.24) is 9.80 Å². The molecule has 1 fully saturated rings. The van der Waals surface area contributed by atoms with Gasteiger partial charge in [-0.3, -0.25) is 9.59 Å². The SMILES string of the molecule is CC(=O)N(CCC(=O)N1CCCC1)Cc1ccccc1Cl. The molecule has 1 aromatic carbocycles. The fraction of sp³-hybridized carbons (Fsp3) is 0.500. The van der Waals surface area contributed by atoms with E-state index in [1.807, 2.05) is 29.2 Å². The highest BCUT2D eigenvalue weighted by Crippen LogP contribution is 2.17. The first-order valence-electron chi connectivity index (χ1n) is 7.34. The predicted molar refractivity (Wildman–Crippen MR) is 83.0 cm³/mol. The number of rotatable bonds is 5. The highest BCUT2D eigenvalue weighted by molar-refractivity contribution is 6.31. The van der Waals surface area contributed by atoms with E-state index in [4.69, 9.17) is 11.6 Å². The highest BCUT2D eigenvalue weighted by atomic mass is 35.5. The molecule has 4 nitrogen and oxygen atoms in total. The summed E-state index contributed by atoms with van der Waals surface area (Å²) in [6.07, 6.45) is 2.55. The van der Waals surface area contributed by atoms with Gasteiger partial charge in [0.1, 0.15) is 0 Å². The molecule has 2 rings (SSSR count). The molecule has 0 aliphatic carbocycles. The van der Waals surface area contributed by atoms with Crippen LogP contribution in [0.15, 0.2) is 24.3 Å². The standard InChI is InChI=1S/C16H21ClN2O2/c1-13(20)19(12-14-6-2-3-7-15(14)17)11-8-16(21)18-9-4-5-10-18/h2-3,6-7H,4-5,8-12H2,1H3. The maximum absolute atomic E-state index is 12.1. The average Bonchev–Trinajstić information content (AvgIpc) is 2.99. The second-order valence-electron chi connectivity index (χ2n) is 5.37. The third-order valence-corrected chi connectivity index (χ3v) is 4.19. The van der Waals surface area contributed by atoms with Crippen molar-refractivity contribution in [2.24, 2.45) is 0 Å². The molecule has 0 aromatic heterocycles. The van der Waals surface area contributed by atoms with Gasteiger partial charge in [-0.05, 0) is 24.5 Å². The van der Waals surface area contributed by atoms with Crippen LogP contribution >= 0.6 is 11.6 Å². The number of halogens is 1. The molecule has 21 heavy (non-hydrogen) atoms. The summed E-state index contributed by atoms with van der Waals surface area (Å²) in [6, 6.07) is 7.47. The van der Waals surface area contributed by atoms with Crippen molar-refractivity contribution in [1.29, 1.82) is 0 Å². The predicted octanol–water partition coefficient (Wildman–Crippen LogP) is 2.70. The number of hydrogen-bond acceptors (Lipinski definition) is 2. The molecule has 0 bridgehead atoms. The monoisotopic (exact) mass is 308 g/mol. The van der Waals surface area contributed by atoms with E-state index in [0.29, 0.717) is 24.5 Å². The minimum Gasteiger partial charge on any atom is -0.343 e. The van der Waals surface area contributed by atoms with Crippen molar-refractivity contribution in [3.63, 3.8) is 0 Å². The van der Waals surface area contributed by atoms with Crippen molar-refractivity contribution in [2.75, 3.05) is 19.6 Å². The lowest BCUT2D eigenvalue weighted by atomic mass is 10.2. The van der Waals surface area contributed by atoms with Crippen LogP contribution in [0.3, 0.4) is 0 Å². The first kappa shape index (κ1) is 15.8. The molecule has 2 amide bonds. The van der Waals surface area contributed by atoms with Gasteiger partial charge in [-0.25, -0.2) is 0 Å². The van der Waals surface area contributed by atoms with E-state index in [1.54, 1.807) is 4.90 Å². The van der Waals surface area contributed by atoms with E-state index < -0.39 is 0 Å². The summed E-state index contributed by atoms with van der Waals surface area (Å²) in [6.45, 7) is 4.11. The van der Waals surface area contributed by atoms with E-state index in [-0.39, 0.29) is 11.8 Å². The van der Waals surface area contributed by atoms with E-state index >= 15 is 0 Å². The molecule has 1 saturated heterocycles. The Morgan fingerprint density at radius 1 is 1.24 bits per heavy atom. The van der Waals surface area contributed by atoms with E-state index in [1.165, 1.54) is 6.92 Å². The summed E-state index contributed by atoms with van der Waals surface area (Å²) in [4.78, 5) is 27.4. The van der Waals surface area contributed by atoms with Crippen LogP contribution in [0.4, 0.5) is 0 Å². The third kappa shape index (κ3) is 4.46. The van der Waals surface area contributed by atoms with Gasteiger partial charge in [0, 0.05) is 44.5 Å². The van der Waals surface area contributed by atoms with Crippen LogP contribution in [-0.2, 0) is 16.1 Å². The van der Waals surface area contributed by atoms with Crippen molar-refractivity contribution >= 4 is 23.4 Å². The molecule has 0 N–H and O–H groups in total. The smallest absolute Gasteiger partial charge is 0.224 e. The summed E-state index contributed by atoms with van der Waals surface area (Å²) >= 11 is 6.13. The zero-order chi connectivity index (χ0) is 15.2. The van der Waals surface area contributed by atoms with Gasteiger partial charge < -0.3 is 9.80 Å². The van der Waals surface area contributed by atoms with E-state index in [9.17, 15) is 9.59 Å². The Labute approximate surface area is 130 Å². The van der Waals surface area contributed by atoms with Gasteiger partial charge in [0.2, 0.25) is 11.8 Å². The van der Waals surface area contributed by atoms with Crippen LogP contribution in [0.5, 0.6) is 0 Å². The molecule has 1 heterocycles. The van der Waals surface area contributed by atoms with Gasteiger partial charge in [-0.15, -0.1) is 0 Å². The van der Waals surface area contributed by atoms with Crippen LogP contribution in [0.2, 0.25) is 5.02 Å². The Morgan fingerprint density at radius 3 is 2.52 bits per heavy atom. The molecule has 0 radical (unpaired) electrons. The number of hydrogen-bond donors (Lipinski definition) is 0. The quantitative estimate of drug-likeness (QED) is 0.839. The van der Waals surface area contributed by atoms with Gasteiger partial charge in [0.15, 0.2) is 0 Å². The molecule has 1 aliphatic rings. The minimum atomic E-state index is -0.0378. The van der Waals surface area contributed by atoms with Gasteiger partial charge in [0.25, 0.3) is 0 Å². The zero-order valence-corrected chi connectivity index (χ0v) is 13.1. The molecule has 1 aliphatic heterocycles. The van der Waals surface area contributed by atoms with Crippen molar-refractivity contribution in [3.8, 4) is 0 Å². The molecule has 0 unspecified atom stereocenters. The van der Waals surface area contributed by atoms with E-state index in [2.05, 4.69) is 0 Å². The van der Waals surface area contributed by atoms with Crippen molar-refractivity contribution in [2.45, 2.75) is 32.7 Å². The molecule has 114 valence electrons. The van der Waals surface area contributed by atoms with Gasteiger partial charge >= 0.3 is 0 Å². The fourth-order valence-corrected chi connectivity index (χ4v) is 2.73. The molecular formula is C16H21ClN2O2. The summed E-state index contributed by atoms with van der Waals surface area (Å²) in [5, 5.41) is 0.648. The minimum absolute atomic E-state index is 0.0378. The Kier molecular flexibility index (Phi) is 5.62. The lowest BCUT2D eigenvalue weighted by molar-refractivity contribution is -0.133. The maximum atomic E-state index is 12.1. The Morgan fingerprint density at radius 2 is 1.90 bits per heavy atom. The summed E-state index contributed by atoms with van der Waals surface area (Å²) in [7, 11) is 0. The van der Waals surface area contributed by atoms with Crippen molar-refractivity contribution < 1.29 is 9.59 Å². The number of carbonyl (C=O) groups is 2. The maximum Gasteiger partial charge on any atom is 0.224 e. The first-order valence-corrected chi connectivity index (χ1v) is 7.72. The fourth-order valence-electron chi connectivity index (χ4n) is 2.54. The zero-order valence-electron chi connectivity index (χ0n) is 12.3. The second-order valence-corrected chi connectivity index (χ2v) is 5.78. The molecule has 0 spiro atoms. The van der Waals surface area contributed by atoms with Gasteiger partial charge in [-0.1, -0.05) is 29.8 Å². The lowest BCUT2D eigenvalue weighted by Crippen LogP contribution is -2.34. The van der Waals surface area contributed by atoms with Crippen LogP contribution in [-0.4, -0.2) is 41.2 Å². The molecule has 5 heteroatoms. The number of nitrogens with zero attached hydrogens (tertiary/aromatic N) is 2. The number of likely N-dealkylation sites (tertiary alicyclic amines) is 1. The Balaban J connectivity index is 1.92. The Bertz CT molecular complexity index is 513. The lowest BCUT2D eigenvalue weighted by Gasteiger charge is -2.23. The van der Waals surface area contributed by atoms with Crippen molar-refractivity contribution in [3.05, 3.63) is 34.9 Å². The molecule has 0 saturated carbocycles. The average molecular weight is 309 g/mol. The van der Waals surface area contributed by atoms with Crippen LogP contribution in [0.25, 0.3) is 0 Å². The third-order valence-electron chi connectivity index (χ3n) is 3.82. The number of carbonyl (C=O) groups excluding carboxylic acids is 2. The second kappa shape index (κ2) is 7.46. The summed E-state index contributed by atoms with van der Waals surface area (Å²) in [5.74, 6) is 0.0991. The van der Waals surface area contributed by atoms with Gasteiger partial charge in [0.05, 0.1) is 0 Å². The summed E-state index contributed by atoms with van der Waals surface area (Å²) < 4.78 is 0. The first-order chi connectivity index (χ1) is 10.1. The van der Waals surface area contributed by atoms with Crippen LogP contribution in [0, 0.1) is 0 Å². The molecule has 1 aromatic rings. The largest absolute Gasteiger partial charge is 0.343 e. The van der Waals surface area contributed by atoms with Crippen LogP contribution in [0.1, 0.15) is 31.7 Å². The summed E-state index contributed by atoms with van der Waals surface area (Å²) in [5.41, 5.74) is 0.906. The number of benzene rings is 1. The highest BCUT2D eigenvalue weighted by Gasteiger charge is 2.19. The topological polar surface area (TPSA) is 40.6 Å². The Hall–Kier alpha value is -1.55.